The summed E-state index contributed by atoms with van der Waals surface area (Å²) in [7, 11) is 0. The largest absolute Gasteiger partial charge is 0.377 e. The van der Waals surface area contributed by atoms with Gasteiger partial charge in [-0.1, -0.05) is 28.1 Å². The molecule has 1 aromatic carbocycles. The van der Waals surface area contributed by atoms with Gasteiger partial charge in [0.15, 0.2) is 0 Å². The van der Waals surface area contributed by atoms with Gasteiger partial charge < -0.3 is 10.5 Å². The molecule has 0 atom stereocenters. The molecule has 0 saturated heterocycles. The third-order valence-corrected chi connectivity index (χ3v) is 2.75. The predicted octanol–water partition coefficient (Wildman–Crippen LogP) is 2.49. The lowest BCUT2D eigenvalue weighted by Crippen LogP contribution is -2.03. The Kier molecular flexibility index (Phi) is 5.15. The van der Waals surface area contributed by atoms with Crippen LogP contribution in [0.15, 0.2) is 22.7 Å². The molecule has 14 heavy (non-hydrogen) atoms. The molecule has 2 N–H and O–H groups in total. The van der Waals surface area contributed by atoms with Crippen LogP contribution in [0.1, 0.15) is 18.1 Å². The lowest BCUT2D eigenvalue weighted by molar-refractivity contribution is 0.133. The normalized spacial score (nSPS) is 10.5. The first-order valence-corrected chi connectivity index (χ1v) is 5.62. The van der Waals surface area contributed by atoms with Crippen molar-refractivity contribution in [2.45, 2.75) is 20.0 Å². The quantitative estimate of drug-likeness (QED) is 0.880. The minimum atomic E-state index is 0.667. The summed E-state index contributed by atoms with van der Waals surface area (Å²) in [6.07, 6.45) is 0.924. The first-order chi connectivity index (χ1) is 6.77. The summed E-state index contributed by atoms with van der Waals surface area (Å²) in [5, 5.41) is 0. The van der Waals surface area contributed by atoms with Crippen molar-refractivity contribution in [1.29, 1.82) is 0 Å². The van der Waals surface area contributed by atoms with Crippen LogP contribution in [-0.4, -0.2) is 13.2 Å². The van der Waals surface area contributed by atoms with Gasteiger partial charge in [0, 0.05) is 11.1 Å². The highest BCUT2D eigenvalue weighted by Crippen LogP contribution is 2.19. The highest BCUT2D eigenvalue weighted by Gasteiger charge is 2.00. The molecule has 0 heterocycles. The van der Waals surface area contributed by atoms with E-state index in [0.717, 1.165) is 17.5 Å². The molecule has 0 aromatic heterocycles. The Labute approximate surface area is 93.6 Å². The third kappa shape index (κ3) is 3.40. The Hall–Kier alpha value is -0.380. The van der Waals surface area contributed by atoms with Crippen molar-refractivity contribution < 1.29 is 4.74 Å². The highest BCUT2D eigenvalue weighted by molar-refractivity contribution is 9.10. The smallest absolute Gasteiger partial charge is 0.0727 e. The molecule has 0 amide bonds. The molecule has 1 rings (SSSR count). The van der Waals surface area contributed by atoms with E-state index in [1.807, 2.05) is 6.92 Å². The Morgan fingerprint density at radius 3 is 2.79 bits per heavy atom. The minimum Gasteiger partial charge on any atom is -0.377 e. The zero-order valence-electron chi connectivity index (χ0n) is 8.42. The zero-order chi connectivity index (χ0) is 10.4. The number of halogens is 1. The van der Waals surface area contributed by atoms with Crippen LogP contribution >= 0.6 is 15.9 Å². The first-order valence-electron chi connectivity index (χ1n) is 4.83. The Balaban J connectivity index is 2.68. The summed E-state index contributed by atoms with van der Waals surface area (Å²) in [5.74, 6) is 0. The average Bonchev–Trinajstić information content (AvgIpc) is 2.17. The molecule has 0 unspecified atom stereocenters. The van der Waals surface area contributed by atoms with Crippen LogP contribution in [0.25, 0.3) is 0 Å². The molecule has 0 aliphatic heterocycles. The maximum atomic E-state index is 5.49. The summed E-state index contributed by atoms with van der Waals surface area (Å²) in [4.78, 5) is 0. The van der Waals surface area contributed by atoms with Crippen LogP contribution in [0.3, 0.4) is 0 Å². The first kappa shape index (κ1) is 11.7. The SMILES string of the molecule is CCOCc1ccc(CCN)cc1Br. The van der Waals surface area contributed by atoms with Gasteiger partial charge in [-0.3, -0.25) is 0 Å². The fourth-order valence-electron chi connectivity index (χ4n) is 1.24. The van der Waals surface area contributed by atoms with Gasteiger partial charge in [-0.2, -0.15) is 0 Å². The van der Waals surface area contributed by atoms with E-state index in [1.54, 1.807) is 0 Å². The maximum Gasteiger partial charge on any atom is 0.0727 e. The lowest BCUT2D eigenvalue weighted by Gasteiger charge is -2.06. The summed E-state index contributed by atoms with van der Waals surface area (Å²) in [6, 6.07) is 6.30. The molecule has 0 spiro atoms. The zero-order valence-corrected chi connectivity index (χ0v) is 10.0. The molecule has 0 fully saturated rings. The molecular weight excluding hydrogens is 242 g/mol. The second kappa shape index (κ2) is 6.17. The second-order valence-corrected chi connectivity index (χ2v) is 3.96. The Morgan fingerprint density at radius 1 is 1.43 bits per heavy atom. The molecule has 0 bridgehead atoms. The van der Waals surface area contributed by atoms with E-state index in [4.69, 9.17) is 10.5 Å². The molecule has 3 heteroatoms. The average molecular weight is 258 g/mol. The molecule has 0 radical (unpaired) electrons. The molecule has 78 valence electrons. The van der Waals surface area contributed by atoms with Gasteiger partial charge in [0.2, 0.25) is 0 Å². The van der Waals surface area contributed by atoms with E-state index in [1.165, 1.54) is 11.1 Å². The highest BCUT2D eigenvalue weighted by atomic mass is 79.9. The van der Waals surface area contributed by atoms with Crippen molar-refractivity contribution >= 4 is 15.9 Å². The van der Waals surface area contributed by atoms with E-state index < -0.39 is 0 Å². The number of hydrogen-bond acceptors (Lipinski definition) is 2. The molecule has 1 aromatic rings. The number of benzene rings is 1. The van der Waals surface area contributed by atoms with Gasteiger partial charge in [0.05, 0.1) is 6.61 Å². The van der Waals surface area contributed by atoms with Gasteiger partial charge in [0.25, 0.3) is 0 Å². The summed E-state index contributed by atoms with van der Waals surface area (Å²) in [6.45, 7) is 4.10. The molecule has 0 saturated carbocycles. The number of rotatable bonds is 5. The van der Waals surface area contributed by atoms with Crippen LogP contribution in [-0.2, 0) is 17.8 Å². The van der Waals surface area contributed by atoms with Crippen LogP contribution in [0, 0.1) is 0 Å². The van der Waals surface area contributed by atoms with Gasteiger partial charge >= 0.3 is 0 Å². The molecule has 0 aliphatic carbocycles. The topological polar surface area (TPSA) is 35.2 Å². The minimum absolute atomic E-state index is 0.667. The molecular formula is C11H16BrNO. The van der Waals surface area contributed by atoms with Crippen molar-refractivity contribution in [2.24, 2.45) is 5.73 Å². The van der Waals surface area contributed by atoms with Gasteiger partial charge in [-0.25, -0.2) is 0 Å². The number of hydrogen-bond donors (Lipinski definition) is 1. The predicted molar refractivity (Wildman–Crippen MR) is 62.2 cm³/mol. The molecule has 0 aliphatic rings. The molecule has 2 nitrogen and oxygen atoms in total. The van der Waals surface area contributed by atoms with E-state index in [0.29, 0.717) is 13.2 Å². The van der Waals surface area contributed by atoms with Crippen LogP contribution in [0.5, 0.6) is 0 Å². The van der Waals surface area contributed by atoms with Crippen LogP contribution in [0.2, 0.25) is 0 Å². The Morgan fingerprint density at radius 2 is 2.21 bits per heavy atom. The van der Waals surface area contributed by atoms with Crippen molar-refractivity contribution in [2.75, 3.05) is 13.2 Å². The van der Waals surface area contributed by atoms with Gasteiger partial charge in [-0.15, -0.1) is 0 Å². The van der Waals surface area contributed by atoms with Crippen LogP contribution in [0.4, 0.5) is 0 Å². The van der Waals surface area contributed by atoms with E-state index in [9.17, 15) is 0 Å². The summed E-state index contributed by atoms with van der Waals surface area (Å²) in [5.41, 5.74) is 7.94. The monoisotopic (exact) mass is 257 g/mol. The lowest BCUT2D eigenvalue weighted by atomic mass is 10.1. The second-order valence-electron chi connectivity index (χ2n) is 3.10. The van der Waals surface area contributed by atoms with E-state index in [2.05, 4.69) is 34.1 Å². The summed E-state index contributed by atoms with van der Waals surface area (Å²) >= 11 is 3.53. The fourth-order valence-corrected chi connectivity index (χ4v) is 1.78. The van der Waals surface area contributed by atoms with Gasteiger partial charge in [-0.05, 0) is 37.1 Å². The summed E-state index contributed by atoms with van der Waals surface area (Å²) < 4.78 is 6.45. The van der Waals surface area contributed by atoms with E-state index >= 15 is 0 Å². The fraction of sp³-hybridized carbons (Fsp3) is 0.455. The Bertz CT molecular complexity index is 289. The number of nitrogens with two attached hydrogens (primary N) is 1. The van der Waals surface area contributed by atoms with Crippen molar-refractivity contribution in [3.05, 3.63) is 33.8 Å². The standard InChI is InChI=1S/C11H16BrNO/c1-2-14-8-10-4-3-9(5-6-13)7-11(10)12/h3-4,7H,2,5-6,8,13H2,1H3. The van der Waals surface area contributed by atoms with Crippen molar-refractivity contribution in [3.8, 4) is 0 Å². The maximum absolute atomic E-state index is 5.49. The van der Waals surface area contributed by atoms with Crippen molar-refractivity contribution in [1.82, 2.24) is 0 Å². The van der Waals surface area contributed by atoms with E-state index in [-0.39, 0.29) is 0 Å². The van der Waals surface area contributed by atoms with Gasteiger partial charge in [0.1, 0.15) is 0 Å². The third-order valence-electron chi connectivity index (χ3n) is 2.01. The van der Waals surface area contributed by atoms with Crippen LogP contribution < -0.4 is 5.73 Å². The van der Waals surface area contributed by atoms with Crippen molar-refractivity contribution in [3.63, 3.8) is 0 Å². The number of ether oxygens (including phenoxy) is 1.